The monoisotopic (exact) mass is 777 g/mol. The second-order valence-corrected chi connectivity index (χ2v) is 15.9. The lowest BCUT2D eigenvalue weighted by Crippen LogP contribution is -2.70. The number of nitrogens with zero attached hydrogens (tertiary/aromatic N) is 2. The largest absolute Gasteiger partial charge is 0.504 e. The van der Waals surface area contributed by atoms with Crippen molar-refractivity contribution in [1.82, 2.24) is 15.3 Å². The van der Waals surface area contributed by atoms with Crippen molar-refractivity contribution >= 4 is 23.7 Å². The van der Waals surface area contributed by atoms with E-state index in [0.29, 0.717) is 70.2 Å². The Labute approximate surface area is 321 Å². The molecular weight excluding hydrogens is 735 g/mol. The van der Waals surface area contributed by atoms with Crippen LogP contribution in [0.1, 0.15) is 68.8 Å². The highest BCUT2D eigenvalue weighted by Crippen LogP contribution is 2.64. The number of nitrogens with one attached hydrogen (secondary N) is 1. The lowest BCUT2D eigenvalue weighted by atomic mass is 9.73. The van der Waals surface area contributed by atoms with Crippen molar-refractivity contribution in [2.45, 2.75) is 74.8 Å². The van der Waals surface area contributed by atoms with Gasteiger partial charge in [-0.1, -0.05) is 6.07 Å². The first-order valence-corrected chi connectivity index (χ1v) is 19.3. The van der Waals surface area contributed by atoms with Crippen molar-refractivity contribution in [2.75, 3.05) is 47.0 Å². The van der Waals surface area contributed by atoms with E-state index in [1.54, 1.807) is 24.3 Å². The number of aliphatic hydroxyl groups excluding tert-OH is 1. The number of hydrogen-bond donors (Lipinski definition) is 4. The van der Waals surface area contributed by atoms with Crippen LogP contribution in [0.3, 0.4) is 0 Å². The van der Waals surface area contributed by atoms with Crippen molar-refractivity contribution in [2.24, 2.45) is 0 Å². The summed E-state index contributed by atoms with van der Waals surface area (Å²) in [5.74, 6) is 0.637. The molecule has 2 saturated heterocycles. The number of esters is 2. The molecule has 7 aliphatic rings. The quantitative estimate of drug-likeness (QED) is 0.224. The first kappa shape index (κ1) is 36.2. The van der Waals surface area contributed by atoms with E-state index in [9.17, 15) is 24.9 Å². The first-order valence-electron chi connectivity index (χ1n) is 18.2. The third-order valence-corrected chi connectivity index (χ3v) is 13.6. The Bertz CT molecular complexity index is 2150. The van der Waals surface area contributed by atoms with E-state index in [4.69, 9.17) is 33.3 Å². The zero-order chi connectivity index (χ0) is 38.7. The van der Waals surface area contributed by atoms with Crippen LogP contribution in [0.25, 0.3) is 0 Å². The molecule has 5 unspecified atom stereocenters. The van der Waals surface area contributed by atoms with Gasteiger partial charge in [0.15, 0.2) is 40.0 Å². The van der Waals surface area contributed by atoms with Gasteiger partial charge < -0.3 is 48.6 Å². The molecule has 55 heavy (non-hydrogen) atoms. The fraction of sp³-hybridized carbons (Fsp3) is 0.487. The minimum absolute atomic E-state index is 0.0303. The smallest absolute Gasteiger partial charge is 0.331 e. The third kappa shape index (κ3) is 5.01. The minimum atomic E-state index is -1.39. The van der Waals surface area contributed by atoms with Gasteiger partial charge in [-0.3, -0.25) is 15.0 Å². The number of ether oxygens (including phenoxy) is 6. The Balaban J connectivity index is 1.33. The summed E-state index contributed by atoms with van der Waals surface area (Å²) in [4.78, 5) is 35.7. The van der Waals surface area contributed by atoms with E-state index in [1.807, 2.05) is 24.8 Å². The molecule has 0 saturated carbocycles. The number of piperazine rings is 1. The van der Waals surface area contributed by atoms with Crippen LogP contribution in [0, 0.1) is 13.8 Å². The lowest BCUT2D eigenvalue weighted by molar-refractivity contribution is -0.294. The Morgan fingerprint density at radius 3 is 2.51 bits per heavy atom. The van der Waals surface area contributed by atoms with Crippen LogP contribution in [0.4, 0.5) is 0 Å². The molecule has 7 atom stereocenters. The maximum absolute atomic E-state index is 14.7. The van der Waals surface area contributed by atoms with Gasteiger partial charge in [-0.15, -0.1) is 11.8 Å². The molecule has 7 heterocycles. The van der Waals surface area contributed by atoms with E-state index in [-0.39, 0.29) is 36.4 Å². The number of phenolic OH excluding ortho intramolecular Hbond substituents is 2. The summed E-state index contributed by atoms with van der Waals surface area (Å²) in [7, 11) is 4.51. The number of fused-ring (bicyclic) bond motifs is 9. The summed E-state index contributed by atoms with van der Waals surface area (Å²) in [5, 5.41) is 39.9. The number of thioether (sulfide) groups is 1. The highest BCUT2D eigenvalue weighted by molar-refractivity contribution is 7.99. The van der Waals surface area contributed by atoms with Gasteiger partial charge in [0.2, 0.25) is 6.79 Å². The number of carbonyl (C=O) groups excluding carboxylic acids is 2. The Hall–Kier alpha value is -4.45. The molecule has 0 amide bonds. The van der Waals surface area contributed by atoms with E-state index >= 15 is 0 Å². The highest BCUT2D eigenvalue weighted by Gasteiger charge is 2.62. The standard InChI is InChI=1S/C39H43N3O12S/c1-16-9-20-10-22-37(46)41-23-13-51-38(47)39(21-12-25(48-4)24(44)11-19(21)7-8-40-39)14-55-36(30(41)29(42(22)50-6)26(20)31(45)32(16)49-5)28-27(23)35-34(52-15-53-35)17(2)33(28)54-18(3)43/h9,11-12,22-23,29-30,36-37,40,44-46H,7-8,10,13-15H2,1-6H3/t22?,23?,29?,30?,36?,37-,39+/m0/s1. The normalized spacial score (nSPS) is 29.1. The topological polar surface area (TPSA) is 178 Å². The molecule has 15 nitrogen and oxygen atoms in total. The zero-order valence-corrected chi connectivity index (χ0v) is 32.1. The summed E-state index contributed by atoms with van der Waals surface area (Å²) in [5.41, 5.74) is 3.96. The van der Waals surface area contributed by atoms with Gasteiger partial charge >= 0.3 is 11.9 Å². The maximum atomic E-state index is 14.7. The summed E-state index contributed by atoms with van der Waals surface area (Å²) < 4.78 is 35.9. The SMILES string of the molecule is COc1cc2c(cc1O)CCN[C@]21CSC2c3c(OC(C)=O)c(C)c4c(c3C(COC1=O)N1C2C2c3c(cc(C)c(OC)c3O)CC([C@@H]1O)N2OC)OCO4. The molecule has 7 aliphatic heterocycles. The van der Waals surface area contributed by atoms with Gasteiger partial charge in [-0.05, 0) is 61.1 Å². The molecule has 0 aromatic heterocycles. The van der Waals surface area contributed by atoms with E-state index in [1.165, 1.54) is 32.9 Å². The first-order chi connectivity index (χ1) is 26.4. The number of phenols is 2. The predicted molar refractivity (Wildman–Crippen MR) is 196 cm³/mol. The van der Waals surface area contributed by atoms with E-state index in [2.05, 4.69) is 5.32 Å². The molecule has 292 valence electrons. The number of hydrogen-bond acceptors (Lipinski definition) is 16. The number of benzene rings is 3. The van der Waals surface area contributed by atoms with Crippen molar-refractivity contribution < 1.29 is 58.2 Å². The van der Waals surface area contributed by atoms with Crippen LogP contribution in [0.2, 0.25) is 0 Å². The van der Waals surface area contributed by atoms with Crippen molar-refractivity contribution in [3.05, 3.63) is 62.7 Å². The van der Waals surface area contributed by atoms with Crippen LogP contribution >= 0.6 is 11.8 Å². The fourth-order valence-corrected chi connectivity index (χ4v) is 11.6. The Kier molecular flexibility index (Phi) is 8.60. The second kappa shape index (κ2) is 13.1. The van der Waals surface area contributed by atoms with Gasteiger partial charge in [0, 0.05) is 41.5 Å². The van der Waals surface area contributed by atoms with Crippen molar-refractivity contribution in [1.29, 1.82) is 0 Å². The molecule has 2 fully saturated rings. The maximum Gasteiger partial charge on any atom is 0.331 e. The predicted octanol–water partition coefficient (Wildman–Crippen LogP) is 3.34. The molecule has 0 aliphatic carbocycles. The molecule has 0 radical (unpaired) electrons. The number of methoxy groups -OCH3 is 2. The number of aryl methyl sites for hydroxylation is 1. The van der Waals surface area contributed by atoms with Crippen molar-refractivity contribution in [3.63, 3.8) is 0 Å². The lowest BCUT2D eigenvalue weighted by Gasteiger charge is -2.61. The molecule has 3 aromatic carbocycles. The molecule has 1 spiro atoms. The molecule has 4 bridgehead atoms. The molecule has 3 aromatic rings. The molecule has 4 N–H and O–H groups in total. The molecule has 16 heteroatoms. The van der Waals surface area contributed by atoms with Gasteiger partial charge in [-0.2, -0.15) is 5.06 Å². The number of carbonyl (C=O) groups is 2. The summed E-state index contributed by atoms with van der Waals surface area (Å²) in [6, 6.07) is 2.47. The van der Waals surface area contributed by atoms with E-state index < -0.39 is 53.1 Å². The Morgan fingerprint density at radius 2 is 1.78 bits per heavy atom. The van der Waals surface area contributed by atoms with Gasteiger partial charge in [0.1, 0.15) is 18.6 Å². The molecular formula is C39H43N3O12S. The average Bonchev–Trinajstić information content (AvgIpc) is 3.66. The summed E-state index contributed by atoms with van der Waals surface area (Å²) in [6.07, 6.45) is -0.278. The second-order valence-electron chi connectivity index (χ2n) is 14.8. The average molecular weight is 778 g/mol. The van der Waals surface area contributed by atoms with Crippen LogP contribution in [-0.2, 0) is 37.5 Å². The number of hydroxylamine groups is 2. The number of rotatable bonds is 4. The number of aromatic hydroxyl groups is 2. The van der Waals surface area contributed by atoms with Crippen LogP contribution in [0.5, 0.6) is 40.2 Å². The van der Waals surface area contributed by atoms with Gasteiger partial charge in [0.25, 0.3) is 0 Å². The zero-order valence-electron chi connectivity index (χ0n) is 31.3. The van der Waals surface area contributed by atoms with Gasteiger partial charge in [0.05, 0.1) is 50.7 Å². The Morgan fingerprint density at radius 1 is 1.00 bits per heavy atom. The fourth-order valence-electron chi connectivity index (χ4n) is 9.94. The van der Waals surface area contributed by atoms with Crippen molar-refractivity contribution in [3.8, 4) is 40.2 Å². The third-order valence-electron chi connectivity index (χ3n) is 12.1. The van der Waals surface area contributed by atoms with Crippen LogP contribution in [0.15, 0.2) is 18.2 Å². The van der Waals surface area contributed by atoms with E-state index in [0.717, 1.165) is 16.7 Å². The number of aliphatic hydroxyl groups is 1. The van der Waals surface area contributed by atoms with Gasteiger partial charge in [-0.25, -0.2) is 4.79 Å². The highest BCUT2D eigenvalue weighted by atomic mass is 32.2. The van der Waals surface area contributed by atoms with Crippen LogP contribution < -0.4 is 29.0 Å². The minimum Gasteiger partial charge on any atom is -0.504 e. The summed E-state index contributed by atoms with van der Waals surface area (Å²) >= 11 is 1.42. The molecule has 10 rings (SSSR count). The van der Waals surface area contributed by atoms with Crippen LogP contribution in [-0.4, -0.2) is 103 Å². The summed E-state index contributed by atoms with van der Waals surface area (Å²) in [6.45, 7) is 5.12.